The molecule has 14 heavy (non-hydrogen) atoms. The highest BCUT2D eigenvalue weighted by Crippen LogP contribution is 2.34. The smallest absolute Gasteiger partial charge is 0.186 e. The molecule has 1 heterocycles. The van der Waals surface area contributed by atoms with Crippen LogP contribution in [0.1, 0.15) is 6.92 Å². The van der Waals surface area contributed by atoms with Gasteiger partial charge in [0.05, 0.1) is 11.4 Å². The molecule has 0 saturated carbocycles. The fourth-order valence-corrected chi connectivity index (χ4v) is 3.44. The molecule has 1 aromatic carbocycles. The Hall–Kier alpha value is -1.23. The Bertz CT molecular complexity index is 467. The summed E-state index contributed by atoms with van der Waals surface area (Å²) < 4.78 is 23.4. The Morgan fingerprint density at radius 3 is 2.93 bits per heavy atom. The van der Waals surface area contributed by atoms with Crippen LogP contribution in [-0.2, 0) is 9.84 Å². The van der Waals surface area contributed by atoms with E-state index < -0.39 is 9.84 Å². The van der Waals surface area contributed by atoms with E-state index in [2.05, 4.69) is 5.32 Å². The van der Waals surface area contributed by atoms with Gasteiger partial charge in [-0.05, 0) is 19.1 Å². The van der Waals surface area contributed by atoms with Gasteiger partial charge in [-0.15, -0.1) is 0 Å². The standard InChI is InChI=1S/C9H11NO3S/c1-6-5-14(12,13)9-7(10-6)3-2-4-8(9)11/h2-4,6,10-11H,5H2,1H3. The predicted octanol–water partition coefficient (Wildman–Crippen LogP) is 0.980. The van der Waals surface area contributed by atoms with Crippen LogP contribution in [0.15, 0.2) is 23.1 Å². The van der Waals surface area contributed by atoms with Crippen molar-refractivity contribution < 1.29 is 13.5 Å². The Morgan fingerprint density at radius 1 is 1.50 bits per heavy atom. The largest absolute Gasteiger partial charge is 0.507 e. The van der Waals surface area contributed by atoms with Crippen molar-refractivity contribution in [3.63, 3.8) is 0 Å². The van der Waals surface area contributed by atoms with Crippen molar-refractivity contribution in [1.29, 1.82) is 0 Å². The highest BCUT2D eigenvalue weighted by atomic mass is 32.2. The van der Waals surface area contributed by atoms with Crippen molar-refractivity contribution in [3.8, 4) is 5.75 Å². The van der Waals surface area contributed by atoms with Crippen LogP contribution in [0.4, 0.5) is 5.69 Å². The lowest BCUT2D eigenvalue weighted by Gasteiger charge is -2.24. The molecule has 2 N–H and O–H groups in total. The van der Waals surface area contributed by atoms with E-state index in [0.717, 1.165) is 0 Å². The third-order valence-corrected chi connectivity index (χ3v) is 4.17. The van der Waals surface area contributed by atoms with E-state index in [1.807, 2.05) is 0 Å². The van der Waals surface area contributed by atoms with Gasteiger partial charge in [-0.2, -0.15) is 0 Å². The molecule has 1 aromatic rings. The molecule has 0 aliphatic carbocycles. The lowest BCUT2D eigenvalue weighted by molar-refractivity contribution is 0.458. The van der Waals surface area contributed by atoms with Gasteiger partial charge in [-0.3, -0.25) is 0 Å². The second-order valence-electron chi connectivity index (χ2n) is 3.48. The van der Waals surface area contributed by atoms with Gasteiger partial charge < -0.3 is 10.4 Å². The summed E-state index contributed by atoms with van der Waals surface area (Å²) in [7, 11) is -3.33. The number of anilines is 1. The predicted molar refractivity (Wildman–Crippen MR) is 53.2 cm³/mol. The summed E-state index contributed by atoms with van der Waals surface area (Å²) in [6, 6.07) is 4.54. The van der Waals surface area contributed by atoms with Crippen LogP contribution in [0.2, 0.25) is 0 Å². The molecule has 4 nitrogen and oxygen atoms in total. The average Bonchev–Trinajstić information content (AvgIpc) is 2.00. The third-order valence-electron chi connectivity index (χ3n) is 2.18. The van der Waals surface area contributed by atoms with E-state index in [-0.39, 0.29) is 22.4 Å². The molecular formula is C9H11NO3S. The van der Waals surface area contributed by atoms with Crippen LogP contribution in [-0.4, -0.2) is 25.3 Å². The molecule has 1 aliphatic heterocycles. The van der Waals surface area contributed by atoms with Gasteiger partial charge in [0.1, 0.15) is 10.6 Å². The first-order chi connectivity index (χ1) is 6.50. The fraction of sp³-hybridized carbons (Fsp3) is 0.333. The van der Waals surface area contributed by atoms with E-state index in [1.54, 1.807) is 19.1 Å². The van der Waals surface area contributed by atoms with E-state index in [0.29, 0.717) is 5.69 Å². The third kappa shape index (κ3) is 1.33. The number of sulfone groups is 1. The maximum Gasteiger partial charge on any atom is 0.186 e. The number of fused-ring (bicyclic) bond motifs is 1. The molecule has 0 aromatic heterocycles. The maximum atomic E-state index is 11.7. The Balaban J connectivity index is 2.71. The molecule has 5 heteroatoms. The molecule has 1 atom stereocenters. The highest BCUT2D eigenvalue weighted by Gasteiger charge is 2.30. The Kier molecular flexibility index (Phi) is 1.92. The first kappa shape index (κ1) is 9.33. The highest BCUT2D eigenvalue weighted by molar-refractivity contribution is 7.91. The lowest BCUT2D eigenvalue weighted by Crippen LogP contribution is -2.31. The van der Waals surface area contributed by atoms with Crippen LogP contribution in [0.5, 0.6) is 5.75 Å². The molecule has 1 unspecified atom stereocenters. The molecular weight excluding hydrogens is 202 g/mol. The van der Waals surface area contributed by atoms with Gasteiger partial charge in [0, 0.05) is 6.04 Å². The maximum absolute atomic E-state index is 11.7. The molecule has 0 bridgehead atoms. The van der Waals surface area contributed by atoms with Crippen LogP contribution >= 0.6 is 0 Å². The van der Waals surface area contributed by atoms with Gasteiger partial charge in [-0.25, -0.2) is 8.42 Å². The zero-order chi connectivity index (χ0) is 10.3. The number of benzene rings is 1. The molecule has 0 fully saturated rings. The topological polar surface area (TPSA) is 66.4 Å². The zero-order valence-electron chi connectivity index (χ0n) is 7.69. The van der Waals surface area contributed by atoms with Crippen LogP contribution < -0.4 is 5.32 Å². The van der Waals surface area contributed by atoms with Gasteiger partial charge in [0.2, 0.25) is 0 Å². The average molecular weight is 213 g/mol. The molecule has 0 saturated heterocycles. The number of aromatic hydroxyl groups is 1. The minimum Gasteiger partial charge on any atom is -0.507 e. The van der Waals surface area contributed by atoms with Crippen molar-refractivity contribution in [1.82, 2.24) is 0 Å². The minimum atomic E-state index is -3.33. The number of nitrogens with one attached hydrogen (secondary N) is 1. The normalized spacial score (nSPS) is 23.6. The lowest BCUT2D eigenvalue weighted by atomic mass is 10.2. The number of phenols is 1. The second kappa shape index (κ2) is 2.88. The van der Waals surface area contributed by atoms with E-state index in [9.17, 15) is 13.5 Å². The monoisotopic (exact) mass is 213 g/mol. The number of hydrogen-bond acceptors (Lipinski definition) is 4. The minimum absolute atomic E-state index is 0.0254. The van der Waals surface area contributed by atoms with Crippen LogP contribution in [0.3, 0.4) is 0 Å². The van der Waals surface area contributed by atoms with E-state index in [1.165, 1.54) is 6.07 Å². The molecule has 1 aliphatic rings. The van der Waals surface area contributed by atoms with Gasteiger partial charge in [-0.1, -0.05) is 6.07 Å². The summed E-state index contributed by atoms with van der Waals surface area (Å²) in [5.74, 6) is -0.153. The molecule has 2 rings (SSSR count). The zero-order valence-corrected chi connectivity index (χ0v) is 8.50. The van der Waals surface area contributed by atoms with Crippen molar-refractivity contribution in [3.05, 3.63) is 18.2 Å². The number of rotatable bonds is 0. The molecule has 76 valence electrons. The van der Waals surface area contributed by atoms with E-state index in [4.69, 9.17) is 0 Å². The van der Waals surface area contributed by atoms with Crippen molar-refractivity contribution >= 4 is 15.5 Å². The molecule has 0 spiro atoms. The second-order valence-corrected chi connectivity index (χ2v) is 5.45. The van der Waals surface area contributed by atoms with Gasteiger partial charge in [0.25, 0.3) is 0 Å². The summed E-state index contributed by atoms with van der Waals surface area (Å²) in [5.41, 5.74) is 0.490. The number of hydrogen-bond donors (Lipinski definition) is 2. The first-order valence-electron chi connectivity index (χ1n) is 4.32. The summed E-state index contributed by atoms with van der Waals surface area (Å²) in [4.78, 5) is 0.0260. The van der Waals surface area contributed by atoms with Crippen LogP contribution in [0.25, 0.3) is 0 Å². The SMILES string of the molecule is CC1CS(=O)(=O)c2c(O)cccc2N1. The summed E-state index contributed by atoms with van der Waals surface area (Å²) in [5, 5.41) is 12.5. The molecule has 0 radical (unpaired) electrons. The van der Waals surface area contributed by atoms with Crippen molar-refractivity contribution in [2.24, 2.45) is 0 Å². The number of phenolic OH excluding ortho intramolecular Hbond substituents is 1. The van der Waals surface area contributed by atoms with Crippen molar-refractivity contribution in [2.75, 3.05) is 11.1 Å². The fourth-order valence-electron chi connectivity index (χ4n) is 1.68. The summed E-state index contributed by atoms with van der Waals surface area (Å²) >= 11 is 0. The Labute approximate surface area is 82.5 Å². The summed E-state index contributed by atoms with van der Waals surface area (Å²) in [6.45, 7) is 1.80. The first-order valence-corrected chi connectivity index (χ1v) is 5.97. The van der Waals surface area contributed by atoms with Crippen LogP contribution in [0, 0.1) is 0 Å². The van der Waals surface area contributed by atoms with Gasteiger partial charge >= 0.3 is 0 Å². The molecule has 0 amide bonds. The Morgan fingerprint density at radius 2 is 2.21 bits per heavy atom. The van der Waals surface area contributed by atoms with Gasteiger partial charge in [0.15, 0.2) is 9.84 Å². The van der Waals surface area contributed by atoms with Crippen molar-refractivity contribution in [2.45, 2.75) is 17.9 Å². The summed E-state index contributed by atoms with van der Waals surface area (Å²) in [6.07, 6.45) is 0. The quantitative estimate of drug-likeness (QED) is 0.674. The van der Waals surface area contributed by atoms with E-state index >= 15 is 0 Å².